The van der Waals surface area contributed by atoms with Gasteiger partial charge in [-0.15, -0.1) is 0 Å². The Balaban J connectivity index is 1.49. The maximum atomic E-state index is 12.9. The molecule has 2 aliphatic rings. The first kappa shape index (κ1) is 22.8. The highest BCUT2D eigenvalue weighted by atomic mass is 16.5. The first-order chi connectivity index (χ1) is 14.8. The molecule has 0 unspecified atom stereocenters. The summed E-state index contributed by atoms with van der Waals surface area (Å²) >= 11 is 0. The third kappa shape index (κ3) is 4.89. The number of carbonyl (C=O) groups is 4. The van der Waals surface area contributed by atoms with Gasteiger partial charge in [0.1, 0.15) is 12.1 Å². The summed E-state index contributed by atoms with van der Waals surface area (Å²) in [5.41, 5.74) is 0.870. The van der Waals surface area contributed by atoms with Crippen LogP contribution < -0.4 is 10.6 Å². The van der Waals surface area contributed by atoms with Gasteiger partial charge >= 0.3 is 12.0 Å². The topological polar surface area (TPSA) is 105 Å². The summed E-state index contributed by atoms with van der Waals surface area (Å²) in [6, 6.07) is 6.94. The highest BCUT2D eigenvalue weighted by molar-refractivity contribution is 6.09. The first-order valence-corrected chi connectivity index (χ1v) is 11.0. The van der Waals surface area contributed by atoms with Crippen molar-refractivity contribution in [1.29, 1.82) is 0 Å². The van der Waals surface area contributed by atoms with Gasteiger partial charge in [-0.25, -0.2) is 4.79 Å². The van der Waals surface area contributed by atoms with E-state index in [0.29, 0.717) is 18.0 Å². The first-order valence-electron chi connectivity index (χ1n) is 11.0. The Morgan fingerprint density at radius 2 is 1.97 bits per heavy atom. The summed E-state index contributed by atoms with van der Waals surface area (Å²) in [4.78, 5) is 50.4. The van der Waals surface area contributed by atoms with Crippen LogP contribution in [0.2, 0.25) is 0 Å². The Morgan fingerprint density at radius 3 is 2.61 bits per heavy atom. The Morgan fingerprint density at radius 1 is 1.26 bits per heavy atom. The van der Waals surface area contributed by atoms with Crippen LogP contribution in [0.4, 0.5) is 10.5 Å². The number of benzene rings is 1. The fourth-order valence-corrected chi connectivity index (χ4v) is 4.29. The number of anilines is 1. The van der Waals surface area contributed by atoms with Crippen LogP contribution in [0.15, 0.2) is 24.3 Å². The predicted octanol–water partition coefficient (Wildman–Crippen LogP) is 3.18. The largest absolute Gasteiger partial charge is 0.454 e. The van der Waals surface area contributed by atoms with Crippen LogP contribution in [0.5, 0.6) is 0 Å². The molecule has 8 heteroatoms. The molecule has 4 amide bonds. The van der Waals surface area contributed by atoms with Gasteiger partial charge in [0.2, 0.25) is 0 Å². The predicted molar refractivity (Wildman–Crippen MR) is 115 cm³/mol. The van der Waals surface area contributed by atoms with Crippen molar-refractivity contribution in [3.63, 3.8) is 0 Å². The van der Waals surface area contributed by atoms with Crippen LogP contribution in [-0.4, -0.2) is 47.4 Å². The fourth-order valence-electron chi connectivity index (χ4n) is 4.29. The van der Waals surface area contributed by atoms with E-state index < -0.39 is 36.6 Å². The van der Waals surface area contributed by atoms with Gasteiger partial charge < -0.3 is 15.4 Å². The van der Waals surface area contributed by atoms with Gasteiger partial charge in [0, 0.05) is 5.69 Å². The molecule has 168 valence electrons. The van der Waals surface area contributed by atoms with E-state index in [1.165, 1.54) is 5.56 Å². The molecule has 8 nitrogen and oxygen atoms in total. The number of nitrogens with zero attached hydrogens (tertiary/aromatic N) is 1. The number of amides is 4. The second-order valence-electron chi connectivity index (χ2n) is 8.58. The minimum absolute atomic E-state index is 0.0104. The van der Waals surface area contributed by atoms with E-state index in [4.69, 9.17) is 4.74 Å². The number of imide groups is 1. The maximum absolute atomic E-state index is 12.9. The molecule has 0 radical (unpaired) electrons. The summed E-state index contributed by atoms with van der Waals surface area (Å²) < 4.78 is 4.99. The zero-order valence-corrected chi connectivity index (χ0v) is 18.4. The van der Waals surface area contributed by atoms with Crippen LogP contribution in [0.3, 0.4) is 0 Å². The molecule has 1 aromatic rings. The lowest BCUT2D eigenvalue weighted by molar-refractivity contribution is -0.150. The second-order valence-corrected chi connectivity index (χ2v) is 8.58. The summed E-state index contributed by atoms with van der Waals surface area (Å²) in [5, 5.41) is 5.46. The highest BCUT2D eigenvalue weighted by Crippen LogP contribution is 2.38. The van der Waals surface area contributed by atoms with Gasteiger partial charge in [0.25, 0.3) is 11.8 Å². The molecule has 0 bridgehead atoms. The standard InChI is InChI=1S/C23H31N3O5/c1-4-15(2)17-8-10-18(11-9-17)24-19(27)14-31-20(28)13-26-21(29)23(25-22(26)30)12-6-5-7-16(23)3/h8-11,15-16H,4-7,12-14H2,1-3H3,(H,24,27)(H,25,30)/t15-,16-,23+/m0/s1. The Bertz CT molecular complexity index is 853. The van der Waals surface area contributed by atoms with E-state index in [9.17, 15) is 19.2 Å². The number of carbonyl (C=O) groups excluding carboxylic acids is 4. The van der Waals surface area contributed by atoms with Crippen molar-refractivity contribution in [3.8, 4) is 0 Å². The molecular weight excluding hydrogens is 398 g/mol. The van der Waals surface area contributed by atoms with Crippen LogP contribution >= 0.6 is 0 Å². The molecule has 2 N–H and O–H groups in total. The molecule has 2 fully saturated rings. The molecule has 1 aliphatic heterocycles. The van der Waals surface area contributed by atoms with Crippen molar-refractivity contribution >= 4 is 29.5 Å². The number of esters is 1. The lowest BCUT2D eigenvalue weighted by Crippen LogP contribution is -2.54. The lowest BCUT2D eigenvalue weighted by atomic mass is 9.73. The molecule has 3 rings (SSSR count). The van der Waals surface area contributed by atoms with E-state index in [1.807, 2.05) is 19.1 Å². The number of hydrogen-bond acceptors (Lipinski definition) is 5. The maximum Gasteiger partial charge on any atom is 0.326 e. The van der Waals surface area contributed by atoms with Crippen molar-refractivity contribution < 1.29 is 23.9 Å². The normalized spacial score (nSPS) is 24.1. The summed E-state index contributed by atoms with van der Waals surface area (Å²) in [6.07, 6.45) is 4.32. The monoisotopic (exact) mass is 429 g/mol. The van der Waals surface area contributed by atoms with Crippen molar-refractivity contribution in [1.82, 2.24) is 10.2 Å². The number of ether oxygens (including phenoxy) is 1. The van der Waals surface area contributed by atoms with Crippen LogP contribution in [0.25, 0.3) is 0 Å². The molecule has 1 aliphatic carbocycles. The molecule has 1 spiro atoms. The lowest BCUT2D eigenvalue weighted by Gasteiger charge is -2.36. The van der Waals surface area contributed by atoms with Crippen molar-refractivity contribution in [2.45, 2.75) is 64.3 Å². The number of rotatable bonds is 7. The van der Waals surface area contributed by atoms with Gasteiger partial charge in [-0.2, -0.15) is 0 Å². The van der Waals surface area contributed by atoms with Gasteiger partial charge in [-0.1, -0.05) is 45.7 Å². The van der Waals surface area contributed by atoms with Crippen LogP contribution in [0, 0.1) is 5.92 Å². The third-order valence-electron chi connectivity index (χ3n) is 6.53. The fraction of sp³-hybridized carbons (Fsp3) is 0.565. The highest BCUT2D eigenvalue weighted by Gasteiger charge is 2.55. The molecule has 1 aromatic carbocycles. The smallest absolute Gasteiger partial charge is 0.326 e. The van der Waals surface area contributed by atoms with Gasteiger partial charge in [0.15, 0.2) is 6.61 Å². The quantitative estimate of drug-likeness (QED) is 0.512. The van der Waals surface area contributed by atoms with Crippen molar-refractivity contribution in [2.24, 2.45) is 5.92 Å². The van der Waals surface area contributed by atoms with Crippen molar-refractivity contribution in [2.75, 3.05) is 18.5 Å². The molecule has 1 saturated carbocycles. The molecule has 1 saturated heterocycles. The van der Waals surface area contributed by atoms with Gasteiger partial charge in [-0.3, -0.25) is 19.3 Å². The minimum Gasteiger partial charge on any atom is -0.454 e. The molecule has 0 aromatic heterocycles. The average Bonchev–Trinajstić information content (AvgIpc) is 2.99. The Labute approximate surface area is 182 Å². The van der Waals surface area contributed by atoms with Crippen LogP contribution in [0.1, 0.15) is 64.4 Å². The number of nitrogens with one attached hydrogen (secondary N) is 2. The third-order valence-corrected chi connectivity index (χ3v) is 6.53. The Kier molecular flexibility index (Phi) is 6.97. The molecule has 3 atom stereocenters. The van der Waals surface area contributed by atoms with Crippen molar-refractivity contribution in [3.05, 3.63) is 29.8 Å². The van der Waals surface area contributed by atoms with E-state index >= 15 is 0 Å². The number of hydrogen-bond donors (Lipinski definition) is 2. The summed E-state index contributed by atoms with van der Waals surface area (Å²) in [5.74, 6) is -1.22. The SMILES string of the molecule is CC[C@H](C)c1ccc(NC(=O)COC(=O)CN2C(=O)N[C@@]3(CCCC[C@@H]3C)C2=O)cc1. The molecular formula is C23H31N3O5. The Hall–Kier alpha value is -2.90. The zero-order chi connectivity index (χ0) is 22.6. The second kappa shape index (κ2) is 9.49. The average molecular weight is 430 g/mol. The van der Waals surface area contributed by atoms with E-state index in [1.54, 1.807) is 12.1 Å². The summed E-state index contributed by atoms with van der Waals surface area (Å²) in [6.45, 7) is 5.20. The van der Waals surface area contributed by atoms with E-state index in [2.05, 4.69) is 24.5 Å². The van der Waals surface area contributed by atoms with Crippen LogP contribution in [-0.2, 0) is 19.1 Å². The molecule has 1 heterocycles. The molecule has 31 heavy (non-hydrogen) atoms. The minimum atomic E-state index is -0.922. The van der Waals surface area contributed by atoms with E-state index in [0.717, 1.165) is 30.6 Å². The zero-order valence-electron chi connectivity index (χ0n) is 18.4. The van der Waals surface area contributed by atoms with Gasteiger partial charge in [-0.05, 0) is 48.8 Å². The van der Waals surface area contributed by atoms with Gasteiger partial charge in [0.05, 0.1) is 0 Å². The van der Waals surface area contributed by atoms with E-state index in [-0.39, 0.29) is 11.8 Å². The number of urea groups is 1. The summed E-state index contributed by atoms with van der Waals surface area (Å²) in [7, 11) is 0.